The average Bonchev–Trinajstić information content (AvgIpc) is 2.66. The van der Waals surface area contributed by atoms with Crippen molar-refractivity contribution in [2.45, 2.75) is 32.4 Å². The maximum absolute atomic E-state index is 12.9. The van der Waals surface area contributed by atoms with Gasteiger partial charge in [-0.15, -0.1) is 0 Å². The van der Waals surface area contributed by atoms with Crippen LogP contribution in [0.1, 0.15) is 37.4 Å². The molecule has 0 aliphatic rings. The number of hydrogen-bond acceptors (Lipinski definition) is 3. The van der Waals surface area contributed by atoms with Crippen molar-refractivity contribution in [2.75, 3.05) is 6.61 Å². The fourth-order valence-electron chi connectivity index (χ4n) is 1.92. The van der Waals surface area contributed by atoms with E-state index in [4.69, 9.17) is 0 Å². The summed E-state index contributed by atoms with van der Waals surface area (Å²) in [6.45, 7) is 3.36. The van der Waals surface area contributed by atoms with E-state index in [1.807, 2.05) is 5.10 Å². The first-order chi connectivity index (χ1) is 9.68. The molecule has 0 bridgehead atoms. The number of rotatable bonds is 5. The summed E-state index contributed by atoms with van der Waals surface area (Å²) in [5, 5.41) is 2.02. The summed E-state index contributed by atoms with van der Waals surface area (Å²) < 4.78 is 44.1. The predicted molar refractivity (Wildman–Crippen MR) is 69.8 cm³/mol. The lowest BCUT2D eigenvalue weighted by molar-refractivity contribution is -0.142. The number of nitrogens with zero attached hydrogens (tertiary/aromatic N) is 1. The van der Waals surface area contributed by atoms with E-state index in [2.05, 4.69) is 4.74 Å². The molecular weight excluding hydrogens is 289 g/mol. The lowest BCUT2D eigenvalue weighted by Gasteiger charge is -2.10. The Hall–Kier alpha value is -1.99. The van der Waals surface area contributed by atoms with Crippen LogP contribution in [0.5, 0.6) is 0 Å². The Balaban J connectivity index is 2.95. The maximum Gasteiger partial charge on any atom is 0.433 e. The number of esters is 1. The Morgan fingerprint density at radius 1 is 1.48 bits per heavy atom. The third-order valence-corrected chi connectivity index (χ3v) is 2.89. The van der Waals surface area contributed by atoms with E-state index in [0.717, 1.165) is 10.8 Å². The zero-order chi connectivity index (χ0) is 16.2. The van der Waals surface area contributed by atoms with Gasteiger partial charge in [-0.2, -0.15) is 13.2 Å². The number of ether oxygens (including phenoxy) is 1. The molecule has 0 unspecified atom stereocenters. The van der Waals surface area contributed by atoms with Crippen molar-refractivity contribution in [3.63, 3.8) is 0 Å². The molecule has 0 saturated heterocycles. The zero-order valence-corrected chi connectivity index (χ0v) is 12.0. The highest BCUT2D eigenvalue weighted by atomic mass is 19.4. The van der Waals surface area contributed by atoms with Gasteiger partial charge in [0.05, 0.1) is 12.2 Å². The number of aromatic nitrogens is 2. The number of allylic oxidation sites excluding steroid dienone is 1. The zero-order valence-electron chi connectivity index (χ0n) is 12.0. The van der Waals surface area contributed by atoms with E-state index in [9.17, 15) is 22.8 Å². The van der Waals surface area contributed by atoms with Crippen LogP contribution in [0.3, 0.4) is 0 Å². The summed E-state index contributed by atoms with van der Waals surface area (Å²) in [5.41, 5.74) is -2.11. The first kappa shape index (κ1) is 17.1. The predicted octanol–water partition coefficient (Wildman–Crippen LogP) is 2.35. The number of aromatic amines is 1. The van der Waals surface area contributed by atoms with Crippen LogP contribution in [-0.2, 0) is 22.8 Å². The number of hydrogen-bond donors (Lipinski definition) is 1. The smallest absolute Gasteiger partial charge is 0.433 e. The van der Waals surface area contributed by atoms with Crippen LogP contribution in [0.15, 0.2) is 16.9 Å². The molecule has 0 aromatic carbocycles. The van der Waals surface area contributed by atoms with Gasteiger partial charge in [-0.25, -0.2) is 4.79 Å². The van der Waals surface area contributed by atoms with E-state index in [1.54, 1.807) is 6.92 Å². The number of aryl methyl sites for hydroxylation is 1. The molecule has 1 aromatic rings. The van der Waals surface area contributed by atoms with Gasteiger partial charge in [0.2, 0.25) is 0 Å². The molecule has 0 aliphatic carbocycles. The largest absolute Gasteiger partial charge is 0.463 e. The number of halogens is 3. The van der Waals surface area contributed by atoms with E-state index < -0.39 is 29.3 Å². The Labute approximate surface area is 119 Å². The van der Waals surface area contributed by atoms with Crippen LogP contribution in [-0.4, -0.2) is 22.4 Å². The second-order valence-corrected chi connectivity index (χ2v) is 4.55. The van der Waals surface area contributed by atoms with E-state index in [0.29, 0.717) is 0 Å². The van der Waals surface area contributed by atoms with Gasteiger partial charge in [-0.1, -0.05) is 13.0 Å². The molecule has 1 atom stereocenters. The molecule has 1 aromatic heterocycles. The van der Waals surface area contributed by atoms with Crippen molar-refractivity contribution in [2.24, 2.45) is 7.05 Å². The second-order valence-electron chi connectivity index (χ2n) is 4.55. The van der Waals surface area contributed by atoms with Crippen LogP contribution in [0.25, 0.3) is 0 Å². The van der Waals surface area contributed by atoms with Crippen molar-refractivity contribution in [3.8, 4) is 0 Å². The SMILES string of the molecule is CCOC(=O)/C=C/C[C@@H](C)c1c(C(F)(F)F)[nH]n(C)c1=O. The summed E-state index contributed by atoms with van der Waals surface area (Å²) in [6, 6.07) is 0. The Kier molecular flexibility index (Phi) is 5.40. The Morgan fingerprint density at radius 3 is 2.62 bits per heavy atom. The van der Waals surface area contributed by atoms with Gasteiger partial charge in [0.15, 0.2) is 0 Å². The number of carbonyl (C=O) groups is 1. The summed E-state index contributed by atoms with van der Waals surface area (Å²) in [5.74, 6) is -1.25. The second kappa shape index (κ2) is 6.64. The van der Waals surface area contributed by atoms with Gasteiger partial charge in [0.1, 0.15) is 5.69 Å². The van der Waals surface area contributed by atoms with Gasteiger partial charge in [-0.05, 0) is 19.3 Å². The first-order valence-electron chi connectivity index (χ1n) is 6.37. The topological polar surface area (TPSA) is 64.1 Å². The summed E-state index contributed by atoms with van der Waals surface area (Å²) in [7, 11) is 1.22. The molecule has 0 fully saturated rings. The van der Waals surface area contributed by atoms with Crippen LogP contribution in [0, 0.1) is 0 Å². The molecule has 0 radical (unpaired) electrons. The van der Waals surface area contributed by atoms with E-state index in [-0.39, 0.29) is 18.6 Å². The van der Waals surface area contributed by atoms with Crippen LogP contribution < -0.4 is 5.56 Å². The lowest BCUT2D eigenvalue weighted by atomic mass is 9.97. The lowest BCUT2D eigenvalue weighted by Crippen LogP contribution is -2.18. The van der Waals surface area contributed by atoms with Gasteiger partial charge in [-0.3, -0.25) is 14.6 Å². The minimum Gasteiger partial charge on any atom is -0.463 e. The molecular formula is C13H17F3N2O3. The van der Waals surface area contributed by atoms with Crippen LogP contribution >= 0.6 is 0 Å². The summed E-state index contributed by atoms with van der Waals surface area (Å²) in [4.78, 5) is 22.9. The molecule has 0 saturated carbocycles. The minimum atomic E-state index is -4.63. The monoisotopic (exact) mass is 306 g/mol. The van der Waals surface area contributed by atoms with Crippen molar-refractivity contribution in [3.05, 3.63) is 33.8 Å². The molecule has 5 nitrogen and oxygen atoms in total. The molecule has 0 spiro atoms. The summed E-state index contributed by atoms with van der Waals surface area (Å²) in [6.07, 6.45) is -1.97. The third kappa shape index (κ3) is 4.24. The normalized spacial score (nSPS) is 13.6. The maximum atomic E-state index is 12.9. The Morgan fingerprint density at radius 2 is 2.10 bits per heavy atom. The summed E-state index contributed by atoms with van der Waals surface area (Å²) >= 11 is 0. The highest BCUT2D eigenvalue weighted by Crippen LogP contribution is 2.33. The van der Waals surface area contributed by atoms with Crippen molar-refractivity contribution in [1.29, 1.82) is 0 Å². The standard InChI is InChI=1S/C13H17F3N2O3/c1-4-21-9(19)7-5-6-8(2)10-11(13(14,15)16)17-18(3)12(10)20/h5,7-8,17H,4,6H2,1-3H3/b7-5+/t8-/m1/s1. The van der Waals surface area contributed by atoms with Gasteiger partial charge >= 0.3 is 12.1 Å². The number of H-pyrrole nitrogens is 1. The van der Waals surface area contributed by atoms with Crippen molar-refractivity contribution < 1.29 is 22.7 Å². The van der Waals surface area contributed by atoms with Crippen molar-refractivity contribution >= 4 is 5.97 Å². The average molecular weight is 306 g/mol. The molecule has 8 heteroatoms. The third-order valence-electron chi connectivity index (χ3n) is 2.89. The van der Waals surface area contributed by atoms with E-state index >= 15 is 0 Å². The number of alkyl halides is 3. The first-order valence-corrected chi connectivity index (χ1v) is 6.37. The quantitative estimate of drug-likeness (QED) is 0.671. The van der Waals surface area contributed by atoms with Gasteiger partial charge in [0, 0.05) is 13.1 Å². The van der Waals surface area contributed by atoms with E-state index in [1.165, 1.54) is 20.0 Å². The molecule has 0 aliphatic heterocycles. The molecule has 0 amide bonds. The van der Waals surface area contributed by atoms with Crippen molar-refractivity contribution in [1.82, 2.24) is 9.78 Å². The number of nitrogens with one attached hydrogen (secondary N) is 1. The highest BCUT2D eigenvalue weighted by Gasteiger charge is 2.38. The molecule has 21 heavy (non-hydrogen) atoms. The number of carbonyl (C=O) groups excluding carboxylic acids is 1. The molecule has 1 N–H and O–H groups in total. The van der Waals surface area contributed by atoms with Crippen LogP contribution in [0.2, 0.25) is 0 Å². The van der Waals surface area contributed by atoms with Gasteiger partial charge < -0.3 is 4.74 Å². The Bertz CT molecular complexity index is 584. The minimum absolute atomic E-state index is 0.120. The van der Waals surface area contributed by atoms with Gasteiger partial charge in [0.25, 0.3) is 5.56 Å². The molecule has 118 valence electrons. The molecule has 1 heterocycles. The fourth-order valence-corrected chi connectivity index (χ4v) is 1.92. The highest BCUT2D eigenvalue weighted by molar-refractivity contribution is 5.81. The molecule has 1 rings (SSSR count). The van der Waals surface area contributed by atoms with Crippen LogP contribution in [0.4, 0.5) is 13.2 Å². The fraction of sp³-hybridized carbons (Fsp3) is 0.538.